The number of phenolic OH excluding ortho intramolecular Hbond substituents is 1. The minimum Gasteiger partial charge on any atom is -0.504 e. The molecule has 0 fully saturated rings. The van der Waals surface area contributed by atoms with Gasteiger partial charge in [-0.2, -0.15) is 0 Å². The molecule has 0 aromatic heterocycles. The van der Waals surface area contributed by atoms with Crippen molar-refractivity contribution in [2.24, 2.45) is 0 Å². The summed E-state index contributed by atoms with van der Waals surface area (Å²) in [4.78, 5) is 23.3. The number of carbonyl (C=O) groups is 2. The summed E-state index contributed by atoms with van der Waals surface area (Å²) in [6, 6.07) is 4.80. The maximum Gasteiger partial charge on any atom is 0.163 e. The lowest BCUT2D eigenvalue weighted by Gasteiger charge is -2.03. The third-order valence-electron chi connectivity index (χ3n) is 3.10. The molecule has 0 radical (unpaired) electrons. The second-order valence-electron chi connectivity index (χ2n) is 4.90. The highest BCUT2D eigenvalue weighted by Crippen LogP contribution is 2.26. The molecule has 0 heterocycles. The molecule has 21 heavy (non-hydrogen) atoms. The number of unbranched alkanes of at least 4 members (excludes halogenated alkanes) is 2. The SMILES string of the molecule is CCCCCC(=O)CC(=O)/C=C\c1ccc(O)c(OC)c1. The monoisotopic (exact) mass is 290 g/mol. The van der Waals surface area contributed by atoms with Crippen LogP contribution in [0, 0.1) is 0 Å². The smallest absolute Gasteiger partial charge is 0.163 e. The van der Waals surface area contributed by atoms with Crippen molar-refractivity contribution in [1.29, 1.82) is 0 Å². The van der Waals surface area contributed by atoms with E-state index in [1.807, 2.05) is 0 Å². The fourth-order valence-electron chi connectivity index (χ4n) is 1.90. The van der Waals surface area contributed by atoms with Gasteiger partial charge in [-0.15, -0.1) is 0 Å². The number of ether oxygens (including phenoxy) is 1. The number of methoxy groups -OCH3 is 1. The van der Waals surface area contributed by atoms with E-state index in [-0.39, 0.29) is 23.7 Å². The van der Waals surface area contributed by atoms with Gasteiger partial charge in [-0.25, -0.2) is 0 Å². The molecule has 4 nitrogen and oxygen atoms in total. The molecule has 4 heteroatoms. The first kappa shape index (κ1) is 17.0. The van der Waals surface area contributed by atoms with Crippen molar-refractivity contribution in [2.45, 2.75) is 39.0 Å². The molecule has 114 valence electrons. The maximum atomic E-state index is 11.7. The minimum atomic E-state index is -0.205. The van der Waals surface area contributed by atoms with Gasteiger partial charge in [0.05, 0.1) is 13.5 Å². The van der Waals surface area contributed by atoms with Gasteiger partial charge in [0, 0.05) is 6.42 Å². The molecule has 0 saturated carbocycles. The number of Topliss-reactive ketones (excluding diaryl/α,β-unsaturated/α-hetero) is 1. The van der Waals surface area contributed by atoms with Crippen molar-refractivity contribution in [3.05, 3.63) is 29.8 Å². The Balaban J connectivity index is 2.52. The summed E-state index contributed by atoms with van der Waals surface area (Å²) in [7, 11) is 1.46. The molecule has 0 unspecified atom stereocenters. The Bertz CT molecular complexity index is 518. The number of hydrogen-bond donors (Lipinski definition) is 1. The first-order valence-corrected chi connectivity index (χ1v) is 7.16. The number of carbonyl (C=O) groups excluding carboxylic acids is 2. The second kappa shape index (κ2) is 8.95. The van der Waals surface area contributed by atoms with Crippen LogP contribution in [0.3, 0.4) is 0 Å². The Morgan fingerprint density at radius 2 is 2.05 bits per heavy atom. The fourth-order valence-corrected chi connectivity index (χ4v) is 1.90. The van der Waals surface area contributed by atoms with E-state index in [4.69, 9.17) is 4.74 Å². The molecule has 1 aromatic carbocycles. The van der Waals surface area contributed by atoms with E-state index >= 15 is 0 Å². The molecule has 1 aromatic rings. The lowest BCUT2D eigenvalue weighted by Crippen LogP contribution is -2.04. The first-order valence-electron chi connectivity index (χ1n) is 7.16. The highest BCUT2D eigenvalue weighted by Gasteiger charge is 2.07. The van der Waals surface area contributed by atoms with Crippen LogP contribution in [-0.2, 0) is 9.59 Å². The van der Waals surface area contributed by atoms with Gasteiger partial charge in [0.15, 0.2) is 17.3 Å². The van der Waals surface area contributed by atoms with Crippen LogP contribution in [0.5, 0.6) is 11.5 Å². The zero-order valence-electron chi connectivity index (χ0n) is 12.6. The molecule has 0 spiro atoms. The van der Waals surface area contributed by atoms with Crippen molar-refractivity contribution in [3.63, 3.8) is 0 Å². The van der Waals surface area contributed by atoms with E-state index < -0.39 is 0 Å². The van der Waals surface area contributed by atoms with Gasteiger partial charge in [-0.1, -0.05) is 31.9 Å². The first-order chi connectivity index (χ1) is 10.1. The van der Waals surface area contributed by atoms with Crippen LogP contribution in [0.25, 0.3) is 6.08 Å². The van der Waals surface area contributed by atoms with Crippen LogP contribution in [0.4, 0.5) is 0 Å². The van der Waals surface area contributed by atoms with Gasteiger partial charge in [-0.05, 0) is 30.2 Å². The Hall–Kier alpha value is -2.10. The molecule has 0 bridgehead atoms. The fraction of sp³-hybridized carbons (Fsp3) is 0.412. The third kappa shape index (κ3) is 6.25. The summed E-state index contributed by atoms with van der Waals surface area (Å²) in [5, 5.41) is 9.47. The molecular formula is C17H22O4. The Kier molecular flexibility index (Phi) is 7.23. The summed E-state index contributed by atoms with van der Waals surface area (Å²) in [6.45, 7) is 2.07. The lowest BCUT2D eigenvalue weighted by atomic mass is 10.1. The van der Waals surface area contributed by atoms with Crippen LogP contribution in [0.1, 0.15) is 44.6 Å². The Labute approximate surface area is 125 Å². The summed E-state index contributed by atoms with van der Waals surface area (Å²) in [5.41, 5.74) is 0.733. The van der Waals surface area contributed by atoms with E-state index in [0.29, 0.717) is 12.2 Å². The number of rotatable bonds is 9. The van der Waals surface area contributed by atoms with Crippen LogP contribution in [-0.4, -0.2) is 23.8 Å². The normalized spacial score (nSPS) is 10.8. The van der Waals surface area contributed by atoms with Gasteiger partial charge < -0.3 is 9.84 Å². The Morgan fingerprint density at radius 1 is 1.29 bits per heavy atom. The van der Waals surface area contributed by atoms with Crippen molar-refractivity contribution in [3.8, 4) is 11.5 Å². The van der Waals surface area contributed by atoms with E-state index in [2.05, 4.69) is 6.92 Å². The van der Waals surface area contributed by atoms with E-state index in [1.165, 1.54) is 19.3 Å². The summed E-state index contributed by atoms with van der Waals surface area (Å²) in [5.74, 6) is 0.178. The molecule has 0 saturated heterocycles. The van der Waals surface area contributed by atoms with Gasteiger partial charge in [0.25, 0.3) is 0 Å². The van der Waals surface area contributed by atoms with E-state index in [1.54, 1.807) is 18.2 Å². The quantitative estimate of drug-likeness (QED) is 0.429. The molecule has 0 aliphatic carbocycles. The number of ketones is 2. The summed E-state index contributed by atoms with van der Waals surface area (Å²) < 4.78 is 4.99. The number of aromatic hydroxyl groups is 1. The van der Waals surface area contributed by atoms with Gasteiger partial charge in [-0.3, -0.25) is 9.59 Å². The van der Waals surface area contributed by atoms with Crippen LogP contribution in [0.15, 0.2) is 24.3 Å². The number of hydrogen-bond acceptors (Lipinski definition) is 4. The molecule has 0 amide bonds. The van der Waals surface area contributed by atoms with Gasteiger partial charge >= 0.3 is 0 Å². The molecule has 0 aliphatic rings. The molecule has 1 N–H and O–H groups in total. The average molecular weight is 290 g/mol. The summed E-state index contributed by atoms with van der Waals surface area (Å²) in [6.07, 6.45) is 6.36. The zero-order chi connectivity index (χ0) is 15.7. The predicted octanol–water partition coefficient (Wildman–Crippen LogP) is 3.52. The number of benzene rings is 1. The highest BCUT2D eigenvalue weighted by molar-refractivity contribution is 6.06. The topological polar surface area (TPSA) is 63.6 Å². The molecule has 1 rings (SSSR count). The maximum absolute atomic E-state index is 11.7. The van der Waals surface area contributed by atoms with E-state index in [0.717, 1.165) is 24.8 Å². The predicted molar refractivity (Wildman–Crippen MR) is 82.5 cm³/mol. The zero-order valence-corrected chi connectivity index (χ0v) is 12.6. The van der Waals surface area contributed by atoms with Crippen LogP contribution >= 0.6 is 0 Å². The Morgan fingerprint density at radius 3 is 2.71 bits per heavy atom. The standard InChI is InChI=1S/C17H22O4/c1-3-4-5-6-14(18)12-15(19)9-7-13-8-10-16(20)17(11-13)21-2/h7-11,20H,3-6,12H2,1-2H3/b9-7-. The van der Waals surface area contributed by atoms with Crippen LogP contribution < -0.4 is 4.74 Å². The highest BCUT2D eigenvalue weighted by atomic mass is 16.5. The lowest BCUT2D eigenvalue weighted by molar-refractivity contribution is -0.124. The average Bonchev–Trinajstić information content (AvgIpc) is 2.46. The third-order valence-corrected chi connectivity index (χ3v) is 3.10. The van der Waals surface area contributed by atoms with E-state index in [9.17, 15) is 14.7 Å². The minimum absolute atomic E-state index is 0.0126. The van der Waals surface area contributed by atoms with Crippen molar-refractivity contribution < 1.29 is 19.4 Å². The summed E-state index contributed by atoms with van der Waals surface area (Å²) >= 11 is 0. The van der Waals surface area contributed by atoms with Crippen molar-refractivity contribution in [2.75, 3.05) is 7.11 Å². The van der Waals surface area contributed by atoms with Crippen molar-refractivity contribution in [1.82, 2.24) is 0 Å². The van der Waals surface area contributed by atoms with Gasteiger partial charge in [0.1, 0.15) is 5.78 Å². The van der Waals surface area contributed by atoms with Crippen molar-refractivity contribution >= 4 is 17.6 Å². The molecular weight excluding hydrogens is 268 g/mol. The number of allylic oxidation sites excluding steroid dienone is 1. The molecule has 0 atom stereocenters. The molecule has 0 aliphatic heterocycles. The van der Waals surface area contributed by atoms with Gasteiger partial charge in [0.2, 0.25) is 0 Å². The largest absolute Gasteiger partial charge is 0.504 e. The second-order valence-corrected chi connectivity index (χ2v) is 4.90. The van der Waals surface area contributed by atoms with Crippen LogP contribution in [0.2, 0.25) is 0 Å². The number of phenols is 1.